The Morgan fingerprint density at radius 3 is 1.78 bits per heavy atom. The summed E-state index contributed by atoms with van der Waals surface area (Å²) in [6.45, 7) is 12.8. The molecule has 318 valence electrons. The number of nitrogens with zero attached hydrogens (tertiary/aromatic N) is 5. The summed E-state index contributed by atoms with van der Waals surface area (Å²) in [6.07, 6.45) is 0.202. The lowest BCUT2D eigenvalue weighted by Crippen LogP contribution is -2.52. The van der Waals surface area contributed by atoms with Gasteiger partial charge in [0.05, 0.1) is 48.4 Å². The molecule has 5 aromatic rings. The molecule has 0 aliphatic carbocycles. The van der Waals surface area contributed by atoms with Crippen LogP contribution in [0.4, 0.5) is 14.0 Å². The van der Waals surface area contributed by atoms with Crippen molar-refractivity contribution in [3.8, 4) is 22.3 Å². The number of methoxy groups -OCH3 is 2. The Kier molecular flexibility index (Phi) is 11.9. The SMILES string of the molecule is COC(=O)NC(C(=O)N1C[C@@H](C)C[C@H]1c1nc2ccc(-c3ccc(-c4ccc5nc([C@@H]6C[C@H](C)CN6C(=O)[C@H](C(C)C)N(C)C(=O)OC)[nH]c5c4)cc3F)cc2[nH]1)C(C)C. The highest BCUT2D eigenvalue weighted by Gasteiger charge is 2.43. The molecule has 0 spiro atoms. The summed E-state index contributed by atoms with van der Waals surface area (Å²) in [5.74, 6) is 0.741. The van der Waals surface area contributed by atoms with Gasteiger partial charge < -0.3 is 34.6 Å². The summed E-state index contributed by atoms with van der Waals surface area (Å²) in [7, 11) is 4.17. The molecule has 2 aliphatic heterocycles. The number of ether oxygens (including phenoxy) is 2. The van der Waals surface area contributed by atoms with E-state index < -0.39 is 24.3 Å². The Labute approximate surface area is 349 Å². The van der Waals surface area contributed by atoms with Crippen molar-refractivity contribution in [1.82, 2.24) is 40.0 Å². The van der Waals surface area contributed by atoms with Crippen LogP contribution >= 0.6 is 0 Å². The number of fused-ring (bicyclic) bond motifs is 2. The van der Waals surface area contributed by atoms with Crippen LogP contribution in [0, 0.1) is 29.5 Å². The molecular weight excluding hydrogens is 768 g/mol. The van der Waals surface area contributed by atoms with Gasteiger partial charge in [0.1, 0.15) is 29.5 Å². The van der Waals surface area contributed by atoms with Gasteiger partial charge in [-0.05, 0) is 83.5 Å². The summed E-state index contributed by atoms with van der Waals surface area (Å²) in [5, 5.41) is 2.69. The van der Waals surface area contributed by atoms with Gasteiger partial charge in [-0.15, -0.1) is 0 Å². The van der Waals surface area contributed by atoms with E-state index in [0.717, 1.165) is 28.5 Å². The van der Waals surface area contributed by atoms with Gasteiger partial charge in [-0.3, -0.25) is 14.5 Å². The highest BCUT2D eigenvalue weighted by atomic mass is 19.1. The molecule has 3 N–H and O–H groups in total. The van der Waals surface area contributed by atoms with Crippen molar-refractivity contribution in [1.29, 1.82) is 0 Å². The number of rotatable bonds is 10. The minimum Gasteiger partial charge on any atom is -0.453 e. The number of imidazole rings is 2. The predicted octanol–water partition coefficient (Wildman–Crippen LogP) is 7.83. The zero-order chi connectivity index (χ0) is 43.2. The van der Waals surface area contributed by atoms with Crippen LogP contribution in [0.25, 0.3) is 44.3 Å². The summed E-state index contributed by atoms with van der Waals surface area (Å²) in [6, 6.07) is 14.4. The van der Waals surface area contributed by atoms with Crippen molar-refractivity contribution in [3.63, 3.8) is 0 Å². The van der Waals surface area contributed by atoms with Gasteiger partial charge in [0.15, 0.2) is 0 Å². The zero-order valence-electron chi connectivity index (χ0n) is 35.7. The molecule has 2 aromatic heterocycles. The monoisotopic (exact) mass is 822 g/mol. The number of aromatic nitrogens is 4. The number of nitrogens with one attached hydrogen (secondary N) is 3. The molecule has 4 heterocycles. The van der Waals surface area contributed by atoms with Crippen molar-refractivity contribution >= 4 is 46.1 Å². The topological polar surface area (TPSA) is 166 Å². The molecule has 0 radical (unpaired) electrons. The van der Waals surface area contributed by atoms with Gasteiger partial charge in [0.25, 0.3) is 0 Å². The fourth-order valence-corrected chi connectivity index (χ4v) is 8.95. The Balaban J connectivity index is 1.11. The molecule has 2 saturated heterocycles. The van der Waals surface area contributed by atoms with Crippen LogP contribution in [-0.4, -0.2) is 105 Å². The van der Waals surface area contributed by atoms with Gasteiger partial charge in [-0.1, -0.05) is 65.8 Å². The molecule has 3 aromatic carbocycles. The molecular formula is C45H55FN8O6. The molecule has 14 nitrogen and oxygen atoms in total. The quantitative estimate of drug-likeness (QED) is 0.128. The maximum Gasteiger partial charge on any atom is 0.409 e. The zero-order valence-corrected chi connectivity index (χ0v) is 35.7. The molecule has 7 rings (SSSR count). The summed E-state index contributed by atoms with van der Waals surface area (Å²) in [5.41, 5.74) is 5.52. The molecule has 60 heavy (non-hydrogen) atoms. The third-order valence-corrected chi connectivity index (χ3v) is 12.0. The van der Waals surface area contributed by atoms with Crippen LogP contribution in [0.3, 0.4) is 0 Å². The van der Waals surface area contributed by atoms with Crippen LogP contribution in [0.2, 0.25) is 0 Å². The second-order valence-electron chi connectivity index (χ2n) is 17.2. The number of carbonyl (C=O) groups excluding carboxylic acids is 4. The number of hydrogen-bond donors (Lipinski definition) is 3. The van der Waals surface area contributed by atoms with Crippen LogP contribution < -0.4 is 5.32 Å². The van der Waals surface area contributed by atoms with E-state index in [2.05, 4.69) is 29.1 Å². The number of benzene rings is 3. The largest absolute Gasteiger partial charge is 0.453 e. The number of H-pyrrole nitrogens is 2. The molecule has 1 unspecified atom stereocenters. The Bertz CT molecular complexity index is 2430. The second kappa shape index (κ2) is 16.9. The number of likely N-dealkylation sites (tertiary alicyclic amines) is 2. The van der Waals surface area contributed by atoms with E-state index in [-0.39, 0.29) is 53.4 Å². The summed E-state index contributed by atoms with van der Waals surface area (Å²) >= 11 is 0. The van der Waals surface area contributed by atoms with Crippen LogP contribution in [0.5, 0.6) is 0 Å². The van der Waals surface area contributed by atoms with E-state index in [4.69, 9.17) is 19.4 Å². The number of carbonyl (C=O) groups is 4. The van der Waals surface area contributed by atoms with E-state index in [1.54, 1.807) is 18.0 Å². The van der Waals surface area contributed by atoms with Crippen molar-refractivity contribution in [3.05, 3.63) is 72.1 Å². The van der Waals surface area contributed by atoms with Crippen molar-refractivity contribution < 1.29 is 33.0 Å². The first-order chi connectivity index (χ1) is 28.6. The van der Waals surface area contributed by atoms with Crippen molar-refractivity contribution in [2.75, 3.05) is 34.4 Å². The minimum absolute atomic E-state index is 0.136. The third-order valence-electron chi connectivity index (χ3n) is 12.0. The lowest BCUT2D eigenvalue weighted by Gasteiger charge is -2.34. The molecule has 15 heteroatoms. The highest BCUT2D eigenvalue weighted by molar-refractivity contribution is 5.88. The van der Waals surface area contributed by atoms with Gasteiger partial charge in [0, 0.05) is 25.7 Å². The van der Waals surface area contributed by atoms with Crippen molar-refractivity contribution in [2.45, 2.75) is 78.6 Å². The van der Waals surface area contributed by atoms with Crippen molar-refractivity contribution in [2.24, 2.45) is 23.7 Å². The normalized spacial score (nSPS) is 20.3. The number of likely N-dealkylation sites (N-methyl/N-ethyl adjacent to an activating group) is 1. The van der Waals surface area contributed by atoms with Gasteiger partial charge in [-0.25, -0.2) is 23.9 Å². The lowest BCUT2D eigenvalue weighted by molar-refractivity contribution is -0.139. The number of amides is 4. The van der Waals surface area contributed by atoms with Gasteiger partial charge >= 0.3 is 12.2 Å². The molecule has 0 saturated carbocycles. The van der Waals surface area contributed by atoms with E-state index >= 15 is 4.39 Å². The first-order valence-corrected chi connectivity index (χ1v) is 20.6. The minimum atomic E-state index is -0.748. The number of hydrogen-bond acceptors (Lipinski definition) is 8. The van der Waals surface area contributed by atoms with Crippen LogP contribution in [0.1, 0.15) is 78.1 Å². The third kappa shape index (κ3) is 8.13. The number of halogens is 1. The molecule has 6 atom stereocenters. The van der Waals surface area contributed by atoms with Crippen LogP contribution in [-0.2, 0) is 19.1 Å². The van der Waals surface area contributed by atoms with Gasteiger partial charge in [-0.2, -0.15) is 0 Å². The molecule has 2 fully saturated rings. The Morgan fingerprint density at radius 2 is 1.27 bits per heavy atom. The average molecular weight is 823 g/mol. The lowest BCUT2D eigenvalue weighted by atomic mass is 9.99. The van der Waals surface area contributed by atoms with E-state index in [1.807, 2.05) is 75.1 Å². The summed E-state index contributed by atoms with van der Waals surface area (Å²) < 4.78 is 25.7. The maximum atomic E-state index is 16.0. The first-order valence-electron chi connectivity index (χ1n) is 20.6. The molecule has 2 aliphatic rings. The highest BCUT2D eigenvalue weighted by Crippen LogP contribution is 2.39. The molecule has 0 bridgehead atoms. The maximum absolute atomic E-state index is 16.0. The fraction of sp³-hybridized carbons (Fsp3) is 0.467. The molecule has 4 amide bonds. The predicted molar refractivity (Wildman–Crippen MR) is 226 cm³/mol. The standard InChI is InChI=1S/C45H55FN8O6/c1-23(2)38(51-44(57)59-8)42(55)53-21-25(5)16-36(53)40-48-33-15-12-29(20-35(33)50-40)30-13-10-27(18-31(30)46)28-11-14-32-34(19-28)49-41(47-32)37-17-26(6)22-54(37)43(56)39(24(3)4)52(7)45(58)60-9/h10-15,18-20,23-26,36-39H,16-17,21-22H2,1-9H3,(H,47,49)(H,48,50)(H,51,57)/t25-,26-,36-,37-,38?,39-/m0/s1. The van der Waals surface area contributed by atoms with Crippen LogP contribution in [0.15, 0.2) is 54.6 Å². The van der Waals surface area contributed by atoms with E-state index in [1.165, 1.54) is 25.2 Å². The first kappa shape index (κ1) is 42.1. The number of alkyl carbamates (subject to hydrolysis) is 1. The second-order valence-corrected chi connectivity index (χ2v) is 17.2. The average Bonchev–Trinajstić information content (AvgIpc) is 4.02. The summed E-state index contributed by atoms with van der Waals surface area (Å²) in [4.78, 5) is 73.8. The number of aromatic amines is 2. The van der Waals surface area contributed by atoms with E-state index in [0.29, 0.717) is 53.4 Å². The van der Waals surface area contributed by atoms with E-state index in [9.17, 15) is 19.2 Å². The fourth-order valence-electron chi connectivity index (χ4n) is 8.95. The Morgan fingerprint density at radius 1 is 0.750 bits per heavy atom. The van der Waals surface area contributed by atoms with Gasteiger partial charge in [0.2, 0.25) is 11.8 Å². The Hall–Kier alpha value is -5.99. The smallest absolute Gasteiger partial charge is 0.409 e.